The standard InChI is InChI=1S/C16H23Br2NO/c1-15(2)13(16(15,3)4)9-19-8-10-6-11(17)7-12(18)14(10)20-5/h6-7,13,19H,8-9H2,1-5H3. The third-order valence-corrected chi connectivity index (χ3v) is 6.32. The van der Waals surface area contributed by atoms with E-state index >= 15 is 0 Å². The Balaban J connectivity index is 1.99. The summed E-state index contributed by atoms with van der Waals surface area (Å²) < 4.78 is 7.53. The Morgan fingerprint density at radius 3 is 2.25 bits per heavy atom. The van der Waals surface area contributed by atoms with Crippen molar-refractivity contribution >= 4 is 31.9 Å². The number of ether oxygens (including phenoxy) is 1. The van der Waals surface area contributed by atoms with Gasteiger partial charge in [-0.05, 0) is 51.4 Å². The quantitative estimate of drug-likeness (QED) is 0.746. The molecule has 1 aromatic carbocycles. The van der Waals surface area contributed by atoms with Crippen LogP contribution in [0.5, 0.6) is 5.75 Å². The molecule has 0 bridgehead atoms. The van der Waals surface area contributed by atoms with E-state index in [4.69, 9.17) is 4.74 Å². The van der Waals surface area contributed by atoms with Crippen molar-refractivity contribution in [2.45, 2.75) is 34.2 Å². The van der Waals surface area contributed by atoms with E-state index in [1.165, 1.54) is 5.56 Å². The maximum Gasteiger partial charge on any atom is 0.137 e. The first kappa shape index (κ1) is 16.3. The van der Waals surface area contributed by atoms with Gasteiger partial charge >= 0.3 is 0 Å². The molecule has 0 heterocycles. The molecule has 1 aromatic rings. The molecule has 1 aliphatic rings. The summed E-state index contributed by atoms with van der Waals surface area (Å²) in [5.41, 5.74) is 2.04. The first-order chi connectivity index (χ1) is 9.21. The van der Waals surface area contributed by atoms with Gasteiger partial charge in [-0.2, -0.15) is 0 Å². The van der Waals surface area contributed by atoms with Crippen molar-refractivity contribution in [3.05, 3.63) is 26.6 Å². The maximum atomic E-state index is 5.48. The van der Waals surface area contributed by atoms with Gasteiger partial charge in [-0.1, -0.05) is 43.6 Å². The number of hydrogen-bond donors (Lipinski definition) is 1. The molecule has 0 saturated heterocycles. The van der Waals surface area contributed by atoms with Crippen LogP contribution in [0.1, 0.15) is 33.3 Å². The summed E-state index contributed by atoms with van der Waals surface area (Å²) >= 11 is 7.08. The van der Waals surface area contributed by atoms with Crippen LogP contribution >= 0.6 is 31.9 Å². The molecule has 4 heteroatoms. The van der Waals surface area contributed by atoms with Gasteiger partial charge in [0.05, 0.1) is 11.6 Å². The highest BCUT2D eigenvalue weighted by molar-refractivity contribution is 9.11. The van der Waals surface area contributed by atoms with E-state index in [2.05, 4.69) is 70.9 Å². The molecule has 0 spiro atoms. The van der Waals surface area contributed by atoms with Gasteiger partial charge in [0, 0.05) is 16.6 Å². The molecule has 0 radical (unpaired) electrons. The van der Waals surface area contributed by atoms with Gasteiger partial charge in [0.25, 0.3) is 0 Å². The molecule has 2 rings (SSSR count). The van der Waals surface area contributed by atoms with Crippen molar-refractivity contribution in [3.8, 4) is 5.75 Å². The Morgan fingerprint density at radius 1 is 1.15 bits per heavy atom. The summed E-state index contributed by atoms with van der Waals surface area (Å²) in [7, 11) is 1.71. The molecule has 1 saturated carbocycles. The van der Waals surface area contributed by atoms with Crippen LogP contribution in [0.2, 0.25) is 0 Å². The van der Waals surface area contributed by atoms with Crippen molar-refractivity contribution in [2.75, 3.05) is 13.7 Å². The second-order valence-corrected chi connectivity index (χ2v) is 8.48. The fourth-order valence-electron chi connectivity index (χ4n) is 3.17. The van der Waals surface area contributed by atoms with Crippen LogP contribution in [-0.4, -0.2) is 13.7 Å². The van der Waals surface area contributed by atoms with Gasteiger partial charge in [-0.25, -0.2) is 0 Å². The van der Waals surface area contributed by atoms with Crippen LogP contribution in [0.25, 0.3) is 0 Å². The van der Waals surface area contributed by atoms with Crippen LogP contribution in [0.4, 0.5) is 0 Å². The highest BCUT2D eigenvalue weighted by atomic mass is 79.9. The molecule has 2 nitrogen and oxygen atoms in total. The Morgan fingerprint density at radius 2 is 1.75 bits per heavy atom. The van der Waals surface area contributed by atoms with E-state index in [1.807, 2.05) is 6.07 Å². The van der Waals surface area contributed by atoms with Crippen LogP contribution in [-0.2, 0) is 6.54 Å². The summed E-state index contributed by atoms with van der Waals surface area (Å²) in [5.74, 6) is 1.65. The summed E-state index contributed by atoms with van der Waals surface area (Å²) in [5, 5.41) is 3.58. The smallest absolute Gasteiger partial charge is 0.137 e. The van der Waals surface area contributed by atoms with Crippen molar-refractivity contribution in [2.24, 2.45) is 16.7 Å². The van der Waals surface area contributed by atoms with Gasteiger partial charge in [-0.3, -0.25) is 0 Å². The van der Waals surface area contributed by atoms with Crippen LogP contribution < -0.4 is 10.1 Å². The van der Waals surface area contributed by atoms with Gasteiger partial charge in [-0.15, -0.1) is 0 Å². The average molecular weight is 405 g/mol. The SMILES string of the molecule is COc1c(Br)cc(Br)cc1CNCC1C(C)(C)C1(C)C. The highest BCUT2D eigenvalue weighted by Gasteiger charge is 2.63. The van der Waals surface area contributed by atoms with E-state index in [0.717, 1.165) is 33.7 Å². The zero-order chi connectivity index (χ0) is 15.1. The summed E-state index contributed by atoms with van der Waals surface area (Å²) in [6.45, 7) is 11.3. The second-order valence-electron chi connectivity index (χ2n) is 6.71. The molecule has 112 valence electrons. The molecule has 0 aromatic heterocycles. The molecule has 20 heavy (non-hydrogen) atoms. The number of benzene rings is 1. The lowest BCUT2D eigenvalue weighted by Gasteiger charge is -2.13. The Hall–Kier alpha value is -0.0600. The molecular weight excluding hydrogens is 382 g/mol. The number of methoxy groups -OCH3 is 1. The van der Waals surface area contributed by atoms with E-state index < -0.39 is 0 Å². The first-order valence-electron chi connectivity index (χ1n) is 6.94. The molecule has 1 N–H and O–H groups in total. The molecular formula is C16H23Br2NO. The van der Waals surface area contributed by atoms with Gasteiger partial charge in [0.15, 0.2) is 0 Å². The Labute approximate surface area is 138 Å². The molecule has 0 aliphatic heterocycles. The van der Waals surface area contributed by atoms with Crippen molar-refractivity contribution < 1.29 is 4.74 Å². The minimum Gasteiger partial charge on any atom is -0.495 e. The van der Waals surface area contributed by atoms with E-state index in [9.17, 15) is 0 Å². The minimum absolute atomic E-state index is 0.432. The van der Waals surface area contributed by atoms with Crippen molar-refractivity contribution in [1.29, 1.82) is 0 Å². The summed E-state index contributed by atoms with van der Waals surface area (Å²) in [6.07, 6.45) is 0. The number of rotatable bonds is 5. The summed E-state index contributed by atoms with van der Waals surface area (Å²) in [6, 6.07) is 4.12. The lowest BCUT2D eigenvalue weighted by atomic mass is 10.0. The van der Waals surface area contributed by atoms with Crippen LogP contribution in [0.15, 0.2) is 21.1 Å². The number of hydrogen-bond acceptors (Lipinski definition) is 2. The zero-order valence-electron chi connectivity index (χ0n) is 12.8. The third-order valence-electron chi connectivity index (χ3n) is 5.27. The van der Waals surface area contributed by atoms with Gasteiger partial charge in [0.2, 0.25) is 0 Å². The topological polar surface area (TPSA) is 21.3 Å². The van der Waals surface area contributed by atoms with Crippen molar-refractivity contribution in [1.82, 2.24) is 5.32 Å². The van der Waals surface area contributed by atoms with Gasteiger partial charge < -0.3 is 10.1 Å². The molecule has 1 fully saturated rings. The predicted molar refractivity (Wildman–Crippen MR) is 91.2 cm³/mol. The molecule has 0 amide bonds. The Kier molecular flexibility index (Phi) is 4.58. The van der Waals surface area contributed by atoms with Crippen molar-refractivity contribution in [3.63, 3.8) is 0 Å². The minimum atomic E-state index is 0.432. The van der Waals surface area contributed by atoms with E-state index in [0.29, 0.717) is 10.8 Å². The third kappa shape index (κ3) is 2.79. The summed E-state index contributed by atoms with van der Waals surface area (Å²) in [4.78, 5) is 0. The fourth-order valence-corrected chi connectivity index (χ4v) is 4.64. The maximum absolute atomic E-state index is 5.48. The molecule has 0 unspecified atom stereocenters. The lowest BCUT2D eigenvalue weighted by molar-refractivity contribution is 0.404. The monoisotopic (exact) mass is 403 g/mol. The first-order valence-corrected chi connectivity index (χ1v) is 8.53. The van der Waals surface area contributed by atoms with Gasteiger partial charge in [0.1, 0.15) is 5.75 Å². The Bertz CT molecular complexity index is 497. The fraction of sp³-hybridized carbons (Fsp3) is 0.625. The van der Waals surface area contributed by atoms with Crippen LogP contribution in [0, 0.1) is 16.7 Å². The highest BCUT2D eigenvalue weighted by Crippen LogP contribution is 2.67. The number of halogens is 2. The van der Waals surface area contributed by atoms with E-state index in [-0.39, 0.29) is 0 Å². The second kappa shape index (κ2) is 5.62. The lowest BCUT2D eigenvalue weighted by Crippen LogP contribution is -2.19. The normalized spacial score (nSPS) is 19.9. The van der Waals surface area contributed by atoms with E-state index in [1.54, 1.807) is 7.11 Å². The average Bonchev–Trinajstić information content (AvgIpc) is 2.71. The molecule has 1 aliphatic carbocycles. The number of nitrogens with one attached hydrogen (secondary N) is 1. The predicted octanol–water partition coefficient (Wildman–Crippen LogP) is 4.99. The zero-order valence-corrected chi connectivity index (χ0v) is 16.0. The van der Waals surface area contributed by atoms with Crippen LogP contribution in [0.3, 0.4) is 0 Å². The largest absolute Gasteiger partial charge is 0.495 e. The molecule has 0 atom stereocenters.